The average Bonchev–Trinajstić information content (AvgIpc) is 2.78. The van der Waals surface area contributed by atoms with Crippen LogP contribution < -0.4 is 0 Å². The molecule has 94 valence electrons. The molecule has 0 saturated carbocycles. The average molecular weight is 263 g/mol. The Hall–Kier alpha value is -1.72. The molecule has 0 atom stereocenters. The van der Waals surface area contributed by atoms with E-state index in [1.807, 2.05) is 36.6 Å². The van der Waals surface area contributed by atoms with Crippen LogP contribution in [0.1, 0.15) is 11.3 Å². The van der Waals surface area contributed by atoms with Crippen LogP contribution in [0.5, 0.6) is 0 Å². The van der Waals surface area contributed by atoms with Crippen LogP contribution in [0.4, 0.5) is 0 Å². The minimum Gasteiger partial charge on any atom is -0.480 e. The molecular weight excluding hydrogens is 250 g/mol. The summed E-state index contributed by atoms with van der Waals surface area (Å²) in [5, 5.41) is 11.3. The van der Waals surface area contributed by atoms with Crippen molar-refractivity contribution in [1.29, 1.82) is 0 Å². The highest BCUT2D eigenvalue weighted by Crippen LogP contribution is 2.24. The second kappa shape index (κ2) is 5.75. The number of thiazole rings is 1. The summed E-state index contributed by atoms with van der Waals surface area (Å²) in [6, 6.07) is 8.13. The van der Waals surface area contributed by atoms with Crippen molar-refractivity contribution in [3.05, 3.63) is 40.9 Å². The number of hydrogen-bond donors (Lipinski definition) is 1. The quantitative estimate of drug-likeness (QED) is 0.901. The number of nitrogens with zero attached hydrogens (tertiary/aromatic N) is 1. The van der Waals surface area contributed by atoms with Crippen LogP contribution in [0, 0.1) is 6.92 Å². The van der Waals surface area contributed by atoms with Crippen molar-refractivity contribution in [2.75, 3.05) is 6.61 Å². The fraction of sp³-hybridized carbons (Fsp3) is 0.231. The maximum Gasteiger partial charge on any atom is 0.329 e. The predicted molar refractivity (Wildman–Crippen MR) is 69.6 cm³/mol. The molecule has 0 fully saturated rings. The van der Waals surface area contributed by atoms with Gasteiger partial charge in [-0.3, -0.25) is 0 Å². The minimum absolute atomic E-state index is 0.231. The first-order chi connectivity index (χ1) is 8.65. The zero-order valence-corrected chi connectivity index (χ0v) is 10.7. The number of aryl methyl sites for hydroxylation is 1. The molecule has 0 aliphatic carbocycles. The van der Waals surface area contributed by atoms with E-state index in [4.69, 9.17) is 9.84 Å². The van der Waals surface area contributed by atoms with E-state index in [0.29, 0.717) is 0 Å². The van der Waals surface area contributed by atoms with Gasteiger partial charge in [0.2, 0.25) is 0 Å². The Morgan fingerprint density at radius 3 is 2.78 bits per heavy atom. The van der Waals surface area contributed by atoms with Gasteiger partial charge in [0, 0.05) is 10.9 Å². The Kier molecular flexibility index (Phi) is 4.07. The van der Waals surface area contributed by atoms with E-state index in [9.17, 15) is 4.79 Å². The summed E-state index contributed by atoms with van der Waals surface area (Å²) in [5.41, 5.74) is 3.03. The Morgan fingerprint density at radius 1 is 1.39 bits per heavy atom. The number of carboxylic acids is 1. The first kappa shape index (κ1) is 12.7. The van der Waals surface area contributed by atoms with Crippen molar-refractivity contribution in [3.63, 3.8) is 0 Å². The van der Waals surface area contributed by atoms with Gasteiger partial charge in [-0.15, -0.1) is 11.3 Å². The van der Waals surface area contributed by atoms with Gasteiger partial charge in [-0.2, -0.15) is 0 Å². The topological polar surface area (TPSA) is 59.4 Å². The molecule has 0 bridgehead atoms. The lowest BCUT2D eigenvalue weighted by Crippen LogP contribution is -2.06. The lowest BCUT2D eigenvalue weighted by atomic mass is 10.2. The fourth-order valence-electron chi connectivity index (χ4n) is 1.44. The smallest absolute Gasteiger partial charge is 0.329 e. The number of aliphatic carboxylic acids is 1. The Labute approximate surface area is 109 Å². The van der Waals surface area contributed by atoms with E-state index in [0.717, 1.165) is 16.3 Å². The lowest BCUT2D eigenvalue weighted by Gasteiger charge is -1.98. The lowest BCUT2D eigenvalue weighted by molar-refractivity contribution is -0.142. The van der Waals surface area contributed by atoms with Gasteiger partial charge in [-0.25, -0.2) is 9.78 Å². The van der Waals surface area contributed by atoms with Crippen LogP contribution in [0.3, 0.4) is 0 Å². The third kappa shape index (κ3) is 3.38. The normalized spacial score (nSPS) is 10.5. The zero-order chi connectivity index (χ0) is 13.0. The number of rotatable bonds is 5. The maximum atomic E-state index is 10.3. The SMILES string of the molecule is Cc1ccc(-c2nc(COCC(=O)O)cs2)cc1. The summed E-state index contributed by atoms with van der Waals surface area (Å²) in [6.07, 6.45) is 0. The summed E-state index contributed by atoms with van der Waals surface area (Å²) in [6.45, 7) is 1.98. The molecule has 0 aliphatic heterocycles. The molecule has 0 unspecified atom stereocenters. The molecule has 0 amide bonds. The van der Waals surface area contributed by atoms with E-state index in [2.05, 4.69) is 4.98 Å². The van der Waals surface area contributed by atoms with Gasteiger partial charge in [0.25, 0.3) is 0 Å². The molecule has 0 saturated heterocycles. The van der Waals surface area contributed by atoms with E-state index in [1.54, 1.807) is 0 Å². The van der Waals surface area contributed by atoms with Gasteiger partial charge in [0.15, 0.2) is 0 Å². The Balaban J connectivity index is 2.01. The molecule has 1 N–H and O–H groups in total. The highest BCUT2D eigenvalue weighted by Gasteiger charge is 2.05. The van der Waals surface area contributed by atoms with Crippen LogP contribution in [0.25, 0.3) is 10.6 Å². The van der Waals surface area contributed by atoms with Gasteiger partial charge in [-0.05, 0) is 6.92 Å². The van der Waals surface area contributed by atoms with E-state index in [-0.39, 0.29) is 13.2 Å². The van der Waals surface area contributed by atoms with Crippen molar-refractivity contribution in [3.8, 4) is 10.6 Å². The number of aromatic nitrogens is 1. The summed E-state index contributed by atoms with van der Waals surface area (Å²) >= 11 is 1.53. The maximum absolute atomic E-state index is 10.3. The predicted octanol–water partition coefficient (Wildman–Crippen LogP) is 2.72. The molecular formula is C13H13NO3S. The van der Waals surface area contributed by atoms with Crippen molar-refractivity contribution < 1.29 is 14.6 Å². The molecule has 4 nitrogen and oxygen atoms in total. The van der Waals surface area contributed by atoms with Crippen LogP contribution in [0.2, 0.25) is 0 Å². The first-order valence-corrected chi connectivity index (χ1v) is 6.34. The van der Waals surface area contributed by atoms with Crippen LogP contribution >= 0.6 is 11.3 Å². The molecule has 1 heterocycles. The van der Waals surface area contributed by atoms with Crippen molar-refractivity contribution in [2.45, 2.75) is 13.5 Å². The summed E-state index contributed by atoms with van der Waals surface area (Å²) in [7, 11) is 0. The van der Waals surface area contributed by atoms with Gasteiger partial charge < -0.3 is 9.84 Å². The van der Waals surface area contributed by atoms with Crippen LogP contribution in [0.15, 0.2) is 29.6 Å². The molecule has 5 heteroatoms. The molecule has 18 heavy (non-hydrogen) atoms. The van der Waals surface area contributed by atoms with E-state index in [1.165, 1.54) is 16.9 Å². The Morgan fingerprint density at radius 2 is 2.11 bits per heavy atom. The molecule has 1 aromatic carbocycles. The summed E-state index contributed by atoms with van der Waals surface area (Å²) in [5.74, 6) is -0.969. The monoisotopic (exact) mass is 263 g/mol. The highest BCUT2D eigenvalue weighted by atomic mass is 32.1. The van der Waals surface area contributed by atoms with Gasteiger partial charge >= 0.3 is 5.97 Å². The third-order valence-electron chi connectivity index (χ3n) is 2.33. The molecule has 0 radical (unpaired) electrons. The molecule has 2 aromatic rings. The number of carbonyl (C=O) groups is 1. The molecule has 0 aliphatic rings. The molecule has 0 spiro atoms. The third-order valence-corrected chi connectivity index (χ3v) is 3.27. The van der Waals surface area contributed by atoms with Crippen molar-refractivity contribution in [2.24, 2.45) is 0 Å². The first-order valence-electron chi connectivity index (χ1n) is 5.46. The van der Waals surface area contributed by atoms with Gasteiger partial charge in [0.05, 0.1) is 12.3 Å². The minimum atomic E-state index is -0.969. The van der Waals surface area contributed by atoms with Gasteiger partial charge in [-0.1, -0.05) is 29.8 Å². The number of hydrogen-bond acceptors (Lipinski definition) is 4. The number of ether oxygens (including phenoxy) is 1. The second-order valence-electron chi connectivity index (χ2n) is 3.90. The largest absolute Gasteiger partial charge is 0.480 e. The van der Waals surface area contributed by atoms with Crippen molar-refractivity contribution in [1.82, 2.24) is 4.98 Å². The number of benzene rings is 1. The Bertz CT molecular complexity index is 533. The standard InChI is InChI=1S/C13H13NO3S/c1-9-2-4-10(5-3-9)13-14-11(8-18-13)6-17-7-12(15)16/h2-5,8H,6-7H2,1H3,(H,15,16). The number of carboxylic acid groups (broad SMARTS) is 1. The fourth-order valence-corrected chi connectivity index (χ4v) is 2.26. The van der Waals surface area contributed by atoms with Crippen molar-refractivity contribution >= 4 is 17.3 Å². The highest BCUT2D eigenvalue weighted by molar-refractivity contribution is 7.13. The zero-order valence-electron chi connectivity index (χ0n) is 9.92. The summed E-state index contributed by atoms with van der Waals surface area (Å²) < 4.78 is 4.99. The van der Waals surface area contributed by atoms with Gasteiger partial charge in [0.1, 0.15) is 11.6 Å². The summed E-state index contributed by atoms with van der Waals surface area (Å²) in [4.78, 5) is 14.7. The van der Waals surface area contributed by atoms with E-state index >= 15 is 0 Å². The second-order valence-corrected chi connectivity index (χ2v) is 4.75. The molecule has 2 rings (SSSR count). The molecule has 1 aromatic heterocycles. The van der Waals surface area contributed by atoms with Crippen LogP contribution in [-0.4, -0.2) is 22.7 Å². The van der Waals surface area contributed by atoms with Crippen LogP contribution in [-0.2, 0) is 16.1 Å². The van der Waals surface area contributed by atoms with E-state index < -0.39 is 5.97 Å².